The fourth-order valence-corrected chi connectivity index (χ4v) is 3.76. The van der Waals surface area contributed by atoms with E-state index in [-0.39, 0.29) is 28.6 Å². The zero-order chi connectivity index (χ0) is 23.7. The highest BCUT2D eigenvalue weighted by molar-refractivity contribution is 7.98. The fraction of sp³-hybridized carbons (Fsp3) is 0.190. The zero-order valence-corrected chi connectivity index (χ0v) is 18.5. The van der Waals surface area contributed by atoms with Crippen molar-refractivity contribution in [1.29, 1.82) is 0 Å². The van der Waals surface area contributed by atoms with Crippen LogP contribution >= 0.6 is 11.8 Å². The summed E-state index contributed by atoms with van der Waals surface area (Å²) in [6, 6.07) is 10.7. The van der Waals surface area contributed by atoms with E-state index < -0.39 is 23.0 Å². The van der Waals surface area contributed by atoms with Crippen molar-refractivity contribution in [3.63, 3.8) is 0 Å². The number of nitro groups is 1. The second-order valence-corrected chi connectivity index (χ2v) is 7.67. The van der Waals surface area contributed by atoms with E-state index in [1.165, 1.54) is 48.7 Å². The lowest BCUT2D eigenvalue weighted by Gasteiger charge is -2.29. The lowest BCUT2D eigenvalue weighted by molar-refractivity contribution is -0.386. The van der Waals surface area contributed by atoms with E-state index in [2.05, 4.69) is 15.2 Å². The number of nitrogens with zero attached hydrogens (tertiary/aromatic N) is 5. The molecule has 3 aromatic rings. The highest BCUT2D eigenvalue weighted by Crippen LogP contribution is 2.45. The number of rotatable bonds is 4. The summed E-state index contributed by atoms with van der Waals surface area (Å²) in [5, 5.41) is 20.5. The summed E-state index contributed by atoms with van der Waals surface area (Å²) in [6.45, 7) is 2.53. The number of hydrogen-bond acceptors (Lipinski definition) is 10. The number of thioether (sulfide) groups is 1. The normalized spacial score (nSPS) is 14.4. The third-order valence-corrected chi connectivity index (χ3v) is 5.30. The van der Waals surface area contributed by atoms with Crippen molar-refractivity contribution < 1.29 is 24.0 Å². The van der Waals surface area contributed by atoms with Crippen LogP contribution in [0.4, 0.5) is 11.4 Å². The fourth-order valence-electron chi connectivity index (χ4n) is 3.47. The molecule has 0 saturated heterocycles. The molecule has 12 heteroatoms. The molecular weight excluding hydrogens is 450 g/mol. The molecule has 0 aliphatic carbocycles. The monoisotopic (exact) mass is 467 g/mol. The first-order valence-corrected chi connectivity index (χ1v) is 10.8. The van der Waals surface area contributed by atoms with Gasteiger partial charge < -0.3 is 9.47 Å². The number of carbonyl (C=O) groups is 2. The van der Waals surface area contributed by atoms with Gasteiger partial charge in [0.2, 0.25) is 23.2 Å². The molecule has 0 saturated carbocycles. The summed E-state index contributed by atoms with van der Waals surface area (Å²) in [7, 11) is 0. The van der Waals surface area contributed by atoms with Crippen molar-refractivity contribution in [2.45, 2.75) is 25.2 Å². The Balaban J connectivity index is 2.00. The third kappa shape index (κ3) is 4.20. The molecule has 11 nitrogen and oxygen atoms in total. The Morgan fingerprint density at radius 1 is 1.18 bits per heavy atom. The predicted molar refractivity (Wildman–Crippen MR) is 118 cm³/mol. The van der Waals surface area contributed by atoms with Crippen molar-refractivity contribution in [3.05, 3.63) is 58.1 Å². The van der Waals surface area contributed by atoms with Crippen LogP contribution in [0.5, 0.6) is 11.6 Å². The van der Waals surface area contributed by atoms with Gasteiger partial charge in [-0.2, -0.15) is 4.98 Å². The van der Waals surface area contributed by atoms with Gasteiger partial charge in [-0.05, 0) is 24.5 Å². The Morgan fingerprint density at radius 3 is 2.61 bits per heavy atom. The van der Waals surface area contributed by atoms with Crippen molar-refractivity contribution >= 4 is 35.0 Å². The quantitative estimate of drug-likeness (QED) is 0.184. The van der Waals surface area contributed by atoms with Crippen LogP contribution in [0.25, 0.3) is 11.3 Å². The lowest BCUT2D eigenvalue weighted by Crippen LogP contribution is -2.36. The van der Waals surface area contributed by atoms with E-state index in [0.717, 1.165) is 0 Å². The molecule has 4 rings (SSSR count). The average molecular weight is 467 g/mol. The number of ether oxygens (including phenoxy) is 2. The summed E-state index contributed by atoms with van der Waals surface area (Å²) < 4.78 is 11.2. The van der Waals surface area contributed by atoms with Crippen LogP contribution in [0.2, 0.25) is 0 Å². The first-order chi connectivity index (χ1) is 15.8. The maximum atomic E-state index is 12.8. The van der Waals surface area contributed by atoms with E-state index in [1.807, 2.05) is 0 Å². The first-order valence-electron chi connectivity index (χ1n) is 9.61. The molecule has 0 bridgehead atoms. The Kier molecular flexibility index (Phi) is 5.92. The number of nitro benzene ring substituents is 1. The molecule has 1 atom stereocenters. The molecule has 1 amide bonds. The van der Waals surface area contributed by atoms with Gasteiger partial charge in [-0.15, -0.1) is 10.2 Å². The number of para-hydroxylation sites is 1. The van der Waals surface area contributed by atoms with Gasteiger partial charge in [0.05, 0.1) is 16.2 Å². The smallest absolute Gasteiger partial charge is 0.308 e. The summed E-state index contributed by atoms with van der Waals surface area (Å²) in [6.07, 6.45) is 0.466. The first kappa shape index (κ1) is 22.1. The third-order valence-electron chi connectivity index (χ3n) is 4.76. The number of fused-ring (bicyclic) bond motifs is 3. The van der Waals surface area contributed by atoms with E-state index in [4.69, 9.17) is 9.47 Å². The van der Waals surface area contributed by atoms with E-state index in [1.54, 1.807) is 30.5 Å². The molecule has 0 fully saturated rings. The number of esters is 1. The number of carbonyl (C=O) groups excluding carboxylic acids is 2. The van der Waals surface area contributed by atoms with Gasteiger partial charge in [0.15, 0.2) is 5.69 Å². The maximum Gasteiger partial charge on any atom is 0.308 e. The minimum atomic E-state index is -1.30. The van der Waals surface area contributed by atoms with E-state index in [0.29, 0.717) is 16.4 Å². The van der Waals surface area contributed by atoms with Gasteiger partial charge in [-0.25, -0.2) is 0 Å². The highest BCUT2D eigenvalue weighted by atomic mass is 32.2. The largest absolute Gasteiger partial charge is 0.447 e. The second-order valence-electron chi connectivity index (χ2n) is 6.90. The number of aromatic nitrogens is 3. The van der Waals surface area contributed by atoms with Gasteiger partial charge >= 0.3 is 5.97 Å². The molecule has 1 aromatic heterocycles. The van der Waals surface area contributed by atoms with E-state index in [9.17, 15) is 19.7 Å². The molecule has 33 heavy (non-hydrogen) atoms. The van der Waals surface area contributed by atoms with Crippen molar-refractivity contribution in [1.82, 2.24) is 15.2 Å². The molecule has 1 aliphatic rings. The van der Waals surface area contributed by atoms with Gasteiger partial charge in [0.1, 0.15) is 5.75 Å². The molecule has 0 spiro atoms. The predicted octanol–water partition coefficient (Wildman–Crippen LogP) is 3.54. The van der Waals surface area contributed by atoms with Crippen LogP contribution in [-0.4, -0.2) is 38.2 Å². The Labute approximate surface area is 191 Å². The summed E-state index contributed by atoms with van der Waals surface area (Å²) >= 11 is 1.24. The molecule has 2 heterocycles. The summed E-state index contributed by atoms with van der Waals surface area (Å²) in [5.74, 6) is -0.913. The summed E-state index contributed by atoms with van der Waals surface area (Å²) in [4.78, 5) is 41.2. The molecule has 0 unspecified atom stereocenters. The zero-order valence-electron chi connectivity index (χ0n) is 17.7. The number of hydrogen-bond donors (Lipinski definition) is 0. The molecule has 0 N–H and O–H groups in total. The van der Waals surface area contributed by atoms with Gasteiger partial charge in [-0.3, -0.25) is 24.6 Å². The molecule has 2 aromatic carbocycles. The number of amides is 1. The van der Waals surface area contributed by atoms with Gasteiger partial charge in [0, 0.05) is 25.5 Å². The summed E-state index contributed by atoms with van der Waals surface area (Å²) in [5.41, 5.74) is 0.901. The Morgan fingerprint density at radius 2 is 1.94 bits per heavy atom. The van der Waals surface area contributed by atoms with Crippen molar-refractivity contribution in [2.24, 2.45) is 0 Å². The number of anilines is 1. The highest BCUT2D eigenvalue weighted by Gasteiger charge is 2.38. The Bertz CT molecular complexity index is 1280. The van der Waals surface area contributed by atoms with Crippen LogP contribution in [0.3, 0.4) is 0 Å². The van der Waals surface area contributed by atoms with Crippen LogP contribution in [-0.2, 0) is 9.59 Å². The topological polar surface area (TPSA) is 138 Å². The van der Waals surface area contributed by atoms with Crippen LogP contribution in [0.15, 0.2) is 47.6 Å². The molecule has 1 aliphatic heterocycles. The lowest BCUT2D eigenvalue weighted by atomic mass is 10.1. The van der Waals surface area contributed by atoms with Crippen molar-refractivity contribution in [3.8, 4) is 22.9 Å². The minimum Gasteiger partial charge on any atom is -0.447 e. The van der Waals surface area contributed by atoms with Crippen LogP contribution in [0, 0.1) is 10.1 Å². The Hall–Kier alpha value is -4.06. The van der Waals surface area contributed by atoms with Gasteiger partial charge in [0.25, 0.3) is 5.69 Å². The maximum absolute atomic E-state index is 12.8. The van der Waals surface area contributed by atoms with Crippen molar-refractivity contribution in [2.75, 3.05) is 11.2 Å². The van der Waals surface area contributed by atoms with Crippen LogP contribution in [0.1, 0.15) is 25.6 Å². The average Bonchev–Trinajstić information content (AvgIpc) is 2.92. The van der Waals surface area contributed by atoms with E-state index >= 15 is 0 Å². The second kappa shape index (κ2) is 8.82. The molecule has 0 radical (unpaired) electrons. The molecule has 168 valence electrons. The van der Waals surface area contributed by atoms with Gasteiger partial charge in [-0.1, -0.05) is 30.0 Å². The molecular formula is C21H17N5O6S. The SMILES string of the molecule is CSc1nnc2c(n1)O[C@@H](c1cc(OC(C)=O)ccc1[N+](=O)[O-])N(C(C)=O)c1ccccc1-2. The minimum absolute atomic E-state index is 0.000849. The number of benzene rings is 2. The standard InChI is InChI=1S/C21H17N5O6S/c1-11(27)25-16-7-5-4-6-14(16)18-19(22-21(33-3)24-23-18)32-20(25)15-10-13(31-12(2)28)8-9-17(15)26(29)30/h4-10,20H,1-3H3/t20-/m0/s1. The van der Waals surface area contributed by atoms with Crippen LogP contribution < -0.4 is 14.4 Å².